The maximum atomic E-state index is 11.6. The highest BCUT2D eigenvalue weighted by molar-refractivity contribution is 5.91. The number of furan rings is 1. The molecule has 1 fully saturated rings. The Morgan fingerprint density at radius 2 is 2.39 bits per heavy atom. The van der Waals surface area contributed by atoms with Crippen LogP contribution in [0.3, 0.4) is 0 Å². The van der Waals surface area contributed by atoms with E-state index in [1.54, 1.807) is 12.1 Å². The summed E-state index contributed by atoms with van der Waals surface area (Å²) in [6.07, 6.45) is 4.30. The van der Waals surface area contributed by atoms with E-state index in [0.29, 0.717) is 30.5 Å². The molecule has 3 rings (SSSR count). The molecule has 2 heterocycles. The van der Waals surface area contributed by atoms with Crippen molar-refractivity contribution in [3.05, 3.63) is 35.9 Å². The third-order valence-corrected chi connectivity index (χ3v) is 2.79. The van der Waals surface area contributed by atoms with Crippen LogP contribution < -0.4 is 5.32 Å². The number of carbonyl (C=O) groups is 1. The Morgan fingerprint density at radius 3 is 3.11 bits per heavy atom. The van der Waals surface area contributed by atoms with E-state index in [4.69, 9.17) is 8.94 Å². The molecule has 6 nitrogen and oxygen atoms in total. The Morgan fingerprint density at radius 1 is 1.50 bits per heavy atom. The van der Waals surface area contributed by atoms with Crippen molar-refractivity contribution >= 4 is 5.91 Å². The Bertz CT molecular complexity index is 529. The van der Waals surface area contributed by atoms with E-state index in [0.717, 1.165) is 18.7 Å². The topological polar surface area (TPSA) is 81.2 Å². The summed E-state index contributed by atoms with van der Waals surface area (Å²) >= 11 is 0. The summed E-state index contributed by atoms with van der Waals surface area (Å²) in [7, 11) is 0. The summed E-state index contributed by atoms with van der Waals surface area (Å²) in [5.41, 5.74) is 0. The van der Waals surface area contributed by atoms with Gasteiger partial charge >= 0.3 is 0 Å². The van der Waals surface area contributed by atoms with Gasteiger partial charge in [-0.1, -0.05) is 5.16 Å². The van der Waals surface area contributed by atoms with Crippen molar-refractivity contribution in [3.8, 4) is 0 Å². The maximum Gasteiger partial charge on any atom is 0.286 e. The normalized spacial score (nSPS) is 14.7. The summed E-state index contributed by atoms with van der Waals surface area (Å²) in [6.45, 7) is 0.461. The fourth-order valence-corrected chi connectivity index (χ4v) is 1.65. The average molecular weight is 247 g/mol. The first-order valence-electron chi connectivity index (χ1n) is 5.97. The first-order valence-corrected chi connectivity index (χ1v) is 5.97. The third-order valence-electron chi connectivity index (χ3n) is 2.79. The summed E-state index contributed by atoms with van der Waals surface area (Å²) in [5.74, 6) is 1.90. The Balaban J connectivity index is 1.47. The Labute approximate surface area is 103 Å². The molecule has 2 aromatic rings. The van der Waals surface area contributed by atoms with Crippen LogP contribution in [0.25, 0.3) is 0 Å². The van der Waals surface area contributed by atoms with E-state index >= 15 is 0 Å². The van der Waals surface area contributed by atoms with Crippen molar-refractivity contribution in [1.29, 1.82) is 0 Å². The summed E-state index contributed by atoms with van der Waals surface area (Å²) in [4.78, 5) is 15.8. The van der Waals surface area contributed by atoms with Gasteiger partial charge in [-0.3, -0.25) is 4.79 Å². The SMILES string of the molecule is O=C(NCCc1noc(C2CC2)n1)c1ccco1. The van der Waals surface area contributed by atoms with Gasteiger partial charge in [-0.2, -0.15) is 4.98 Å². The van der Waals surface area contributed by atoms with E-state index < -0.39 is 0 Å². The van der Waals surface area contributed by atoms with Gasteiger partial charge < -0.3 is 14.3 Å². The van der Waals surface area contributed by atoms with Crippen molar-refractivity contribution < 1.29 is 13.7 Å². The van der Waals surface area contributed by atoms with Gasteiger partial charge in [-0.05, 0) is 25.0 Å². The van der Waals surface area contributed by atoms with Crippen LogP contribution in [-0.2, 0) is 6.42 Å². The van der Waals surface area contributed by atoms with E-state index in [9.17, 15) is 4.79 Å². The Hall–Kier alpha value is -2.11. The van der Waals surface area contributed by atoms with Gasteiger partial charge in [0.1, 0.15) is 0 Å². The molecule has 0 bridgehead atoms. The van der Waals surface area contributed by atoms with E-state index in [-0.39, 0.29) is 5.91 Å². The largest absolute Gasteiger partial charge is 0.459 e. The van der Waals surface area contributed by atoms with Crippen LogP contribution in [0.1, 0.15) is 41.0 Å². The second-order valence-corrected chi connectivity index (χ2v) is 4.31. The first kappa shape index (κ1) is 11.0. The molecule has 1 aliphatic rings. The van der Waals surface area contributed by atoms with Crippen LogP contribution >= 0.6 is 0 Å². The predicted octanol–water partition coefficient (Wildman–Crippen LogP) is 1.51. The molecule has 0 aromatic carbocycles. The highest BCUT2D eigenvalue weighted by Gasteiger charge is 2.29. The lowest BCUT2D eigenvalue weighted by molar-refractivity contribution is 0.0926. The number of amides is 1. The van der Waals surface area contributed by atoms with Crippen molar-refractivity contribution in [2.75, 3.05) is 6.54 Å². The molecule has 0 atom stereocenters. The molecule has 18 heavy (non-hydrogen) atoms. The number of aromatic nitrogens is 2. The molecule has 1 aliphatic carbocycles. The molecule has 0 aliphatic heterocycles. The molecule has 0 spiro atoms. The maximum absolute atomic E-state index is 11.6. The fraction of sp³-hybridized carbons (Fsp3) is 0.417. The van der Waals surface area contributed by atoms with Crippen LogP contribution in [0, 0.1) is 0 Å². The minimum absolute atomic E-state index is 0.231. The molecule has 94 valence electrons. The predicted molar refractivity (Wildman–Crippen MR) is 61.0 cm³/mol. The van der Waals surface area contributed by atoms with Crippen molar-refractivity contribution in [2.24, 2.45) is 0 Å². The minimum Gasteiger partial charge on any atom is -0.459 e. The molecule has 2 aromatic heterocycles. The van der Waals surface area contributed by atoms with Gasteiger partial charge in [0.2, 0.25) is 5.89 Å². The monoisotopic (exact) mass is 247 g/mol. The third kappa shape index (κ3) is 2.42. The molecule has 1 saturated carbocycles. The zero-order valence-electron chi connectivity index (χ0n) is 9.76. The van der Waals surface area contributed by atoms with Crippen LogP contribution in [-0.4, -0.2) is 22.6 Å². The van der Waals surface area contributed by atoms with Crippen molar-refractivity contribution in [3.63, 3.8) is 0 Å². The molecule has 0 saturated heterocycles. The van der Waals surface area contributed by atoms with Gasteiger partial charge in [-0.25, -0.2) is 0 Å². The summed E-state index contributed by atoms with van der Waals surface area (Å²) < 4.78 is 10.1. The smallest absolute Gasteiger partial charge is 0.286 e. The number of hydrogen-bond acceptors (Lipinski definition) is 5. The van der Waals surface area contributed by atoms with E-state index in [1.807, 2.05) is 0 Å². The molecule has 1 amide bonds. The van der Waals surface area contributed by atoms with Crippen molar-refractivity contribution in [1.82, 2.24) is 15.5 Å². The van der Waals surface area contributed by atoms with Crippen LogP contribution in [0.4, 0.5) is 0 Å². The first-order chi connectivity index (χ1) is 8.83. The lowest BCUT2D eigenvalue weighted by atomic mass is 10.3. The van der Waals surface area contributed by atoms with Crippen LogP contribution in [0.15, 0.2) is 27.3 Å². The average Bonchev–Trinajstić information content (AvgIpc) is 2.92. The van der Waals surface area contributed by atoms with Gasteiger partial charge in [0, 0.05) is 18.9 Å². The van der Waals surface area contributed by atoms with Crippen LogP contribution in [0.2, 0.25) is 0 Å². The van der Waals surface area contributed by atoms with Crippen molar-refractivity contribution in [2.45, 2.75) is 25.2 Å². The molecule has 6 heteroatoms. The molecule has 0 unspecified atom stereocenters. The molecule has 0 radical (unpaired) electrons. The zero-order valence-corrected chi connectivity index (χ0v) is 9.76. The number of rotatable bonds is 5. The lowest BCUT2D eigenvalue weighted by Crippen LogP contribution is -2.25. The highest BCUT2D eigenvalue weighted by atomic mass is 16.5. The van der Waals surface area contributed by atoms with Gasteiger partial charge in [-0.15, -0.1) is 0 Å². The second kappa shape index (κ2) is 4.64. The van der Waals surface area contributed by atoms with Gasteiger partial charge in [0.25, 0.3) is 5.91 Å². The Kier molecular flexibility index (Phi) is 2.84. The number of nitrogens with zero attached hydrogens (tertiary/aromatic N) is 2. The lowest BCUT2D eigenvalue weighted by Gasteiger charge is -1.99. The fourth-order valence-electron chi connectivity index (χ4n) is 1.65. The van der Waals surface area contributed by atoms with Crippen LogP contribution in [0.5, 0.6) is 0 Å². The number of carbonyl (C=O) groups excluding carboxylic acids is 1. The van der Waals surface area contributed by atoms with Gasteiger partial charge in [0.15, 0.2) is 11.6 Å². The molecule has 1 N–H and O–H groups in total. The molecular formula is C12H13N3O3. The zero-order chi connectivity index (χ0) is 12.4. The minimum atomic E-state index is -0.231. The summed E-state index contributed by atoms with van der Waals surface area (Å²) in [6, 6.07) is 3.30. The van der Waals surface area contributed by atoms with E-state index in [2.05, 4.69) is 15.5 Å². The number of nitrogens with one attached hydrogen (secondary N) is 1. The van der Waals surface area contributed by atoms with Gasteiger partial charge in [0.05, 0.1) is 6.26 Å². The number of hydrogen-bond donors (Lipinski definition) is 1. The summed E-state index contributed by atoms with van der Waals surface area (Å²) in [5, 5.41) is 6.61. The standard InChI is InChI=1S/C12H13N3O3/c16-11(9-2-1-7-17-9)13-6-5-10-14-12(18-15-10)8-3-4-8/h1-2,7-8H,3-6H2,(H,13,16). The van der Waals surface area contributed by atoms with E-state index in [1.165, 1.54) is 6.26 Å². The molecular weight excluding hydrogens is 234 g/mol. The highest BCUT2D eigenvalue weighted by Crippen LogP contribution is 2.38. The second-order valence-electron chi connectivity index (χ2n) is 4.31. The quantitative estimate of drug-likeness (QED) is 0.866.